The SMILES string of the molecule is NC(=O)c1cccc(-c2ccc(OCCCl)cc2)c1. The first kappa shape index (κ1) is 13.4. The van der Waals surface area contributed by atoms with Crippen LogP contribution in [0.5, 0.6) is 5.75 Å². The van der Waals surface area contributed by atoms with Crippen LogP contribution >= 0.6 is 11.6 Å². The van der Waals surface area contributed by atoms with Crippen molar-refractivity contribution in [2.24, 2.45) is 5.73 Å². The van der Waals surface area contributed by atoms with Crippen molar-refractivity contribution < 1.29 is 9.53 Å². The second kappa shape index (κ2) is 6.25. The number of carbonyl (C=O) groups is 1. The lowest BCUT2D eigenvalue weighted by Gasteiger charge is -2.06. The molecule has 0 aliphatic heterocycles. The Bertz CT molecular complexity index is 567. The third-order valence-electron chi connectivity index (χ3n) is 2.68. The number of amides is 1. The Hall–Kier alpha value is -2.00. The predicted octanol–water partition coefficient (Wildman–Crippen LogP) is 3.07. The lowest BCUT2D eigenvalue weighted by atomic mass is 10.0. The summed E-state index contributed by atoms with van der Waals surface area (Å²) in [6.45, 7) is 0.484. The van der Waals surface area contributed by atoms with Crippen LogP contribution in [0.2, 0.25) is 0 Å². The van der Waals surface area contributed by atoms with Gasteiger partial charge in [0.1, 0.15) is 12.4 Å². The zero-order valence-corrected chi connectivity index (χ0v) is 11.1. The number of rotatable bonds is 5. The second-order valence-corrected chi connectivity index (χ2v) is 4.38. The molecule has 3 nitrogen and oxygen atoms in total. The molecule has 4 heteroatoms. The quantitative estimate of drug-likeness (QED) is 0.853. The van der Waals surface area contributed by atoms with E-state index in [0.717, 1.165) is 16.9 Å². The third kappa shape index (κ3) is 3.48. The van der Waals surface area contributed by atoms with Gasteiger partial charge in [-0.2, -0.15) is 0 Å². The minimum atomic E-state index is -0.427. The molecule has 0 unspecified atom stereocenters. The predicted molar refractivity (Wildman–Crippen MR) is 76.6 cm³/mol. The van der Waals surface area contributed by atoms with E-state index in [-0.39, 0.29) is 0 Å². The molecule has 19 heavy (non-hydrogen) atoms. The summed E-state index contributed by atoms with van der Waals surface area (Å²) in [5, 5.41) is 0. The van der Waals surface area contributed by atoms with Crippen LogP contribution < -0.4 is 10.5 Å². The van der Waals surface area contributed by atoms with Crippen molar-refractivity contribution in [3.8, 4) is 16.9 Å². The number of ether oxygens (including phenoxy) is 1. The van der Waals surface area contributed by atoms with Crippen molar-refractivity contribution in [1.29, 1.82) is 0 Å². The normalized spacial score (nSPS) is 10.2. The molecule has 0 saturated heterocycles. The highest BCUT2D eigenvalue weighted by molar-refractivity contribution is 6.18. The van der Waals surface area contributed by atoms with Gasteiger partial charge in [0.25, 0.3) is 0 Å². The van der Waals surface area contributed by atoms with E-state index < -0.39 is 5.91 Å². The molecule has 2 aromatic carbocycles. The van der Waals surface area contributed by atoms with Gasteiger partial charge in [-0.3, -0.25) is 4.79 Å². The summed E-state index contributed by atoms with van der Waals surface area (Å²) in [4.78, 5) is 11.1. The lowest BCUT2D eigenvalue weighted by Crippen LogP contribution is -2.10. The Balaban J connectivity index is 2.22. The molecule has 2 N–H and O–H groups in total. The summed E-state index contributed by atoms with van der Waals surface area (Å²) in [6.07, 6.45) is 0. The number of nitrogens with two attached hydrogens (primary N) is 1. The standard InChI is InChI=1S/C15H14ClNO2/c16-8-9-19-14-6-4-11(5-7-14)12-2-1-3-13(10-12)15(17)18/h1-7,10H,8-9H2,(H2,17,18). The largest absolute Gasteiger partial charge is 0.492 e. The van der Waals surface area contributed by atoms with Crippen molar-refractivity contribution in [1.82, 2.24) is 0 Å². The van der Waals surface area contributed by atoms with Crippen molar-refractivity contribution in [3.63, 3.8) is 0 Å². The number of hydrogen-bond donors (Lipinski definition) is 1. The molecule has 0 radical (unpaired) electrons. The van der Waals surface area contributed by atoms with Gasteiger partial charge in [-0.15, -0.1) is 11.6 Å². The van der Waals surface area contributed by atoms with Crippen LogP contribution in [0.1, 0.15) is 10.4 Å². The smallest absolute Gasteiger partial charge is 0.248 e. The minimum Gasteiger partial charge on any atom is -0.492 e. The second-order valence-electron chi connectivity index (χ2n) is 4.01. The number of carbonyl (C=O) groups excluding carboxylic acids is 1. The van der Waals surface area contributed by atoms with E-state index in [2.05, 4.69) is 0 Å². The molecule has 0 spiro atoms. The highest BCUT2D eigenvalue weighted by atomic mass is 35.5. The average molecular weight is 276 g/mol. The van der Waals surface area contributed by atoms with Gasteiger partial charge in [-0.05, 0) is 35.4 Å². The number of primary amides is 1. The van der Waals surface area contributed by atoms with E-state index in [1.165, 1.54) is 0 Å². The Kier molecular flexibility index (Phi) is 4.42. The highest BCUT2D eigenvalue weighted by Crippen LogP contribution is 2.23. The molecule has 0 bridgehead atoms. The van der Waals surface area contributed by atoms with Crippen LogP contribution in [-0.4, -0.2) is 18.4 Å². The average Bonchev–Trinajstić information content (AvgIpc) is 2.46. The Morgan fingerprint density at radius 2 is 1.84 bits per heavy atom. The van der Waals surface area contributed by atoms with Crippen LogP contribution in [0.4, 0.5) is 0 Å². The van der Waals surface area contributed by atoms with Crippen LogP contribution in [0.15, 0.2) is 48.5 Å². The number of alkyl halides is 1. The Labute approximate surface area is 117 Å². The highest BCUT2D eigenvalue weighted by Gasteiger charge is 2.03. The number of hydrogen-bond acceptors (Lipinski definition) is 2. The molecule has 2 rings (SSSR count). The summed E-state index contributed by atoms with van der Waals surface area (Å²) in [5.74, 6) is 0.807. The van der Waals surface area contributed by atoms with E-state index >= 15 is 0 Å². The molecule has 2 aromatic rings. The molecular weight excluding hydrogens is 262 g/mol. The third-order valence-corrected chi connectivity index (χ3v) is 2.83. The van der Waals surface area contributed by atoms with Crippen molar-refractivity contribution in [3.05, 3.63) is 54.1 Å². The maximum atomic E-state index is 11.1. The first-order chi connectivity index (χ1) is 9.20. The molecule has 0 aromatic heterocycles. The van der Waals surface area contributed by atoms with E-state index in [1.54, 1.807) is 12.1 Å². The molecule has 0 heterocycles. The van der Waals surface area contributed by atoms with Crippen LogP contribution in [0.25, 0.3) is 11.1 Å². The van der Waals surface area contributed by atoms with E-state index in [4.69, 9.17) is 22.1 Å². The molecule has 0 fully saturated rings. The summed E-state index contributed by atoms with van der Waals surface area (Å²) >= 11 is 5.56. The van der Waals surface area contributed by atoms with E-state index in [1.807, 2.05) is 36.4 Å². The Morgan fingerprint density at radius 3 is 2.47 bits per heavy atom. The molecule has 0 aliphatic rings. The number of halogens is 1. The fourth-order valence-corrected chi connectivity index (χ4v) is 1.83. The van der Waals surface area contributed by atoms with E-state index in [0.29, 0.717) is 18.1 Å². The Morgan fingerprint density at radius 1 is 1.11 bits per heavy atom. The lowest BCUT2D eigenvalue weighted by molar-refractivity contribution is 0.100. The molecule has 0 saturated carbocycles. The molecule has 0 aliphatic carbocycles. The van der Waals surface area contributed by atoms with Gasteiger partial charge in [0.05, 0.1) is 5.88 Å². The van der Waals surface area contributed by atoms with Crippen molar-refractivity contribution >= 4 is 17.5 Å². The molecule has 98 valence electrons. The summed E-state index contributed by atoms with van der Waals surface area (Å²) in [6, 6.07) is 14.8. The minimum absolute atomic E-state index is 0.427. The first-order valence-electron chi connectivity index (χ1n) is 5.90. The topological polar surface area (TPSA) is 52.3 Å². The first-order valence-corrected chi connectivity index (χ1v) is 6.43. The van der Waals surface area contributed by atoms with Crippen LogP contribution in [-0.2, 0) is 0 Å². The fraction of sp³-hybridized carbons (Fsp3) is 0.133. The van der Waals surface area contributed by atoms with Crippen molar-refractivity contribution in [2.75, 3.05) is 12.5 Å². The molecule has 1 amide bonds. The summed E-state index contributed by atoms with van der Waals surface area (Å²) in [5.41, 5.74) is 7.71. The number of benzene rings is 2. The monoisotopic (exact) mass is 275 g/mol. The van der Waals surface area contributed by atoms with Gasteiger partial charge in [-0.25, -0.2) is 0 Å². The van der Waals surface area contributed by atoms with Gasteiger partial charge >= 0.3 is 0 Å². The van der Waals surface area contributed by atoms with Crippen LogP contribution in [0.3, 0.4) is 0 Å². The molecule has 0 atom stereocenters. The fourth-order valence-electron chi connectivity index (χ4n) is 1.75. The maximum Gasteiger partial charge on any atom is 0.248 e. The summed E-state index contributed by atoms with van der Waals surface area (Å²) < 4.78 is 5.40. The van der Waals surface area contributed by atoms with Gasteiger partial charge < -0.3 is 10.5 Å². The van der Waals surface area contributed by atoms with Crippen molar-refractivity contribution in [2.45, 2.75) is 0 Å². The zero-order chi connectivity index (χ0) is 13.7. The molecular formula is C15H14ClNO2. The van der Waals surface area contributed by atoms with E-state index in [9.17, 15) is 4.79 Å². The van der Waals surface area contributed by atoms with Gasteiger partial charge in [0.2, 0.25) is 5.91 Å². The van der Waals surface area contributed by atoms with Gasteiger partial charge in [-0.1, -0.05) is 24.3 Å². The summed E-state index contributed by atoms with van der Waals surface area (Å²) in [7, 11) is 0. The van der Waals surface area contributed by atoms with Crippen LogP contribution in [0, 0.1) is 0 Å². The van der Waals surface area contributed by atoms with Gasteiger partial charge in [0.15, 0.2) is 0 Å². The van der Waals surface area contributed by atoms with Gasteiger partial charge in [0, 0.05) is 5.56 Å². The maximum absolute atomic E-state index is 11.1. The zero-order valence-electron chi connectivity index (χ0n) is 10.3.